The van der Waals surface area contributed by atoms with Crippen LogP contribution in [0.4, 0.5) is 5.69 Å². The lowest BCUT2D eigenvalue weighted by molar-refractivity contribution is -0.384. The molecule has 0 saturated carbocycles. The number of nitrogens with zero attached hydrogens (tertiary/aromatic N) is 2. The van der Waals surface area contributed by atoms with Crippen molar-refractivity contribution in [2.75, 3.05) is 6.54 Å². The number of benzene rings is 2. The number of hydrogen-bond donors (Lipinski definition) is 0. The molecule has 108 valence electrons. The van der Waals surface area contributed by atoms with Crippen molar-refractivity contribution in [1.29, 1.82) is 0 Å². The summed E-state index contributed by atoms with van der Waals surface area (Å²) in [5.74, 6) is 0. The van der Waals surface area contributed by atoms with Crippen LogP contribution in [0, 0.1) is 10.1 Å². The second-order valence-electron chi connectivity index (χ2n) is 4.59. The Kier molecular flexibility index (Phi) is 4.60. The molecule has 0 unspecified atom stereocenters. The van der Waals surface area contributed by atoms with Gasteiger partial charge in [0.1, 0.15) is 0 Å². The van der Waals surface area contributed by atoms with E-state index >= 15 is 0 Å². The van der Waals surface area contributed by atoms with E-state index in [0.717, 1.165) is 23.3 Å². The highest BCUT2D eigenvalue weighted by molar-refractivity contribution is 6.31. The number of rotatable bonds is 2. The number of nitro groups is 1. The molecule has 4 nitrogen and oxygen atoms in total. The lowest BCUT2D eigenvalue weighted by Crippen LogP contribution is -2.14. The van der Waals surface area contributed by atoms with Crippen molar-refractivity contribution < 1.29 is 4.92 Å². The highest BCUT2D eigenvalue weighted by atomic mass is 35.5. The number of aliphatic imine (C=N–C) groups is 1. The van der Waals surface area contributed by atoms with Crippen molar-refractivity contribution in [3.63, 3.8) is 0 Å². The maximum Gasteiger partial charge on any atom is 0.269 e. The Morgan fingerprint density at radius 3 is 2.52 bits per heavy atom. The van der Waals surface area contributed by atoms with Crippen molar-refractivity contribution in [3.8, 4) is 0 Å². The molecule has 21 heavy (non-hydrogen) atoms. The Hall–Kier alpha value is -1.91. The van der Waals surface area contributed by atoms with E-state index in [2.05, 4.69) is 4.99 Å². The average molecular weight is 323 g/mol. The largest absolute Gasteiger partial charge is 0.284 e. The van der Waals surface area contributed by atoms with Gasteiger partial charge in [-0.15, -0.1) is 12.4 Å². The van der Waals surface area contributed by atoms with E-state index in [1.54, 1.807) is 12.1 Å². The van der Waals surface area contributed by atoms with E-state index in [0.29, 0.717) is 11.6 Å². The van der Waals surface area contributed by atoms with Gasteiger partial charge in [-0.1, -0.05) is 17.7 Å². The SMILES string of the molecule is Cl.O=[N+]([O-])c1ccc(C2=NCCc3cc(Cl)ccc32)cc1. The van der Waals surface area contributed by atoms with Crippen LogP contribution in [-0.4, -0.2) is 17.2 Å². The van der Waals surface area contributed by atoms with Crippen molar-refractivity contribution in [1.82, 2.24) is 0 Å². The van der Waals surface area contributed by atoms with Crippen molar-refractivity contribution >= 4 is 35.4 Å². The Labute approximate surface area is 133 Å². The monoisotopic (exact) mass is 322 g/mol. The predicted molar refractivity (Wildman–Crippen MR) is 86.0 cm³/mol. The lowest BCUT2D eigenvalue weighted by Gasteiger charge is -2.17. The molecule has 0 saturated heterocycles. The third-order valence-electron chi connectivity index (χ3n) is 3.33. The molecule has 0 radical (unpaired) electrons. The molecule has 0 N–H and O–H groups in total. The summed E-state index contributed by atoms with van der Waals surface area (Å²) >= 11 is 6.01. The molecule has 3 rings (SSSR count). The van der Waals surface area contributed by atoms with Crippen molar-refractivity contribution in [3.05, 3.63) is 74.3 Å². The summed E-state index contributed by atoms with van der Waals surface area (Å²) in [7, 11) is 0. The third-order valence-corrected chi connectivity index (χ3v) is 3.56. The van der Waals surface area contributed by atoms with Gasteiger partial charge in [0.2, 0.25) is 0 Å². The first-order valence-corrected chi connectivity index (χ1v) is 6.61. The molecule has 0 aliphatic carbocycles. The van der Waals surface area contributed by atoms with E-state index in [1.165, 1.54) is 17.7 Å². The highest BCUT2D eigenvalue weighted by Crippen LogP contribution is 2.24. The zero-order valence-corrected chi connectivity index (χ0v) is 12.5. The number of non-ortho nitro benzene ring substituents is 1. The lowest BCUT2D eigenvalue weighted by atomic mass is 9.93. The Morgan fingerprint density at radius 2 is 1.86 bits per heavy atom. The molecule has 0 atom stereocenters. The van der Waals surface area contributed by atoms with Gasteiger partial charge in [0.05, 0.1) is 10.6 Å². The topological polar surface area (TPSA) is 55.5 Å². The molecule has 0 bridgehead atoms. The van der Waals surface area contributed by atoms with Crippen LogP contribution in [0.15, 0.2) is 47.5 Å². The van der Waals surface area contributed by atoms with Crippen LogP contribution in [0.25, 0.3) is 0 Å². The smallest absolute Gasteiger partial charge is 0.269 e. The van der Waals surface area contributed by atoms with Gasteiger partial charge in [0, 0.05) is 34.8 Å². The normalized spacial score (nSPS) is 12.9. The minimum absolute atomic E-state index is 0. The Balaban J connectivity index is 0.00000161. The van der Waals surface area contributed by atoms with E-state index in [-0.39, 0.29) is 18.1 Å². The standard InChI is InChI=1S/C15H11ClN2O2.ClH/c16-12-3-6-14-11(9-12)7-8-17-15(14)10-1-4-13(5-2-10)18(19)20;/h1-6,9H,7-8H2;1H. The number of fused-ring (bicyclic) bond motifs is 1. The minimum Gasteiger partial charge on any atom is -0.284 e. The van der Waals surface area contributed by atoms with E-state index in [9.17, 15) is 10.1 Å². The summed E-state index contributed by atoms with van der Waals surface area (Å²) in [6, 6.07) is 12.2. The van der Waals surface area contributed by atoms with Gasteiger partial charge >= 0.3 is 0 Å². The molecule has 2 aromatic rings. The quantitative estimate of drug-likeness (QED) is 0.618. The van der Waals surface area contributed by atoms with Crippen LogP contribution in [0.3, 0.4) is 0 Å². The number of hydrogen-bond acceptors (Lipinski definition) is 3. The summed E-state index contributed by atoms with van der Waals surface area (Å²) in [6.45, 7) is 0.708. The van der Waals surface area contributed by atoms with Crippen LogP contribution in [0.1, 0.15) is 16.7 Å². The van der Waals surface area contributed by atoms with Crippen LogP contribution in [-0.2, 0) is 6.42 Å². The van der Waals surface area contributed by atoms with Gasteiger partial charge in [-0.2, -0.15) is 0 Å². The van der Waals surface area contributed by atoms with Crippen LogP contribution in [0.5, 0.6) is 0 Å². The third kappa shape index (κ3) is 3.06. The number of halogens is 2. The molecule has 6 heteroatoms. The number of nitro benzene ring substituents is 1. The van der Waals surface area contributed by atoms with Gasteiger partial charge in [-0.25, -0.2) is 0 Å². The molecule has 2 aromatic carbocycles. The zero-order valence-electron chi connectivity index (χ0n) is 11.0. The minimum atomic E-state index is -0.403. The maximum absolute atomic E-state index is 10.7. The maximum atomic E-state index is 10.7. The molecule has 1 aliphatic heterocycles. The Bertz CT molecular complexity index is 712. The second kappa shape index (κ2) is 6.24. The van der Waals surface area contributed by atoms with Gasteiger partial charge in [0.15, 0.2) is 0 Å². The molecule has 0 amide bonds. The first-order chi connectivity index (χ1) is 9.65. The fraction of sp³-hybridized carbons (Fsp3) is 0.133. The fourth-order valence-corrected chi connectivity index (χ4v) is 2.56. The summed E-state index contributed by atoms with van der Waals surface area (Å²) in [4.78, 5) is 14.8. The van der Waals surface area contributed by atoms with Gasteiger partial charge < -0.3 is 0 Å². The van der Waals surface area contributed by atoms with Crippen molar-refractivity contribution in [2.24, 2.45) is 4.99 Å². The first-order valence-electron chi connectivity index (χ1n) is 6.23. The summed E-state index contributed by atoms with van der Waals surface area (Å²) in [6.07, 6.45) is 0.867. The molecule has 0 fully saturated rings. The first kappa shape index (κ1) is 15.5. The molecule has 1 heterocycles. The van der Waals surface area contributed by atoms with Crippen LogP contribution >= 0.6 is 24.0 Å². The summed E-state index contributed by atoms with van der Waals surface area (Å²) in [5, 5.41) is 11.4. The zero-order chi connectivity index (χ0) is 14.1. The molecule has 1 aliphatic rings. The van der Waals surface area contributed by atoms with Gasteiger partial charge in [-0.05, 0) is 36.2 Å². The summed E-state index contributed by atoms with van der Waals surface area (Å²) in [5.41, 5.74) is 4.06. The highest BCUT2D eigenvalue weighted by Gasteiger charge is 2.16. The fourth-order valence-electron chi connectivity index (χ4n) is 2.36. The molecular weight excluding hydrogens is 311 g/mol. The van der Waals surface area contributed by atoms with Gasteiger partial charge in [0.25, 0.3) is 5.69 Å². The average Bonchev–Trinajstić information content (AvgIpc) is 2.46. The van der Waals surface area contributed by atoms with E-state index in [4.69, 9.17) is 11.6 Å². The second-order valence-corrected chi connectivity index (χ2v) is 5.02. The Morgan fingerprint density at radius 1 is 1.14 bits per heavy atom. The summed E-state index contributed by atoms with van der Waals surface area (Å²) < 4.78 is 0. The molecule has 0 spiro atoms. The van der Waals surface area contributed by atoms with Crippen LogP contribution in [0.2, 0.25) is 5.02 Å². The van der Waals surface area contributed by atoms with E-state index < -0.39 is 4.92 Å². The van der Waals surface area contributed by atoms with E-state index in [1.807, 2.05) is 18.2 Å². The predicted octanol–water partition coefficient (Wildman–Crippen LogP) is 4.06. The van der Waals surface area contributed by atoms with Gasteiger partial charge in [-0.3, -0.25) is 15.1 Å². The molecule has 0 aromatic heterocycles. The van der Waals surface area contributed by atoms with Crippen molar-refractivity contribution in [2.45, 2.75) is 6.42 Å². The molecular formula is C15H12Cl2N2O2. The van der Waals surface area contributed by atoms with Crippen LogP contribution < -0.4 is 0 Å².